The third-order valence-corrected chi connectivity index (χ3v) is 2.47. The Hall–Kier alpha value is -1.91. The third-order valence-electron chi connectivity index (χ3n) is 2.47. The van der Waals surface area contributed by atoms with Crippen LogP contribution in [0.1, 0.15) is 12.1 Å². The first-order valence-electron chi connectivity index (χ1n) is 4.61. The van der Waals surface area contributed by atoms with Gasteiger partial charge < -0.3 is 0 Å². The van der Waals surface area contributed by atoms with Crippen molar-refractivity contribution in [3.8, 4) is 0 Å². The van der Waals surface area contributed by atoms with Crippen molar-refractivity contribution in [2.24, 2.45) is 7.05 Å². The molecule has 0 radical (unpaired) electrons. The molecule has 0 unspecified atom stereocenters. The Morgan fingerprint density at radius 2 is 2.13 bits per heavy atom. The lowest BCUT2D eigenvalue weighted by molar-refractivity contribution is -0.124. The van der Waals surface area contributed by atoms with Gasteiger partial charge in [0.05, 0.1) is 24.0 Å². The minimum absolute atomic E-state index is 0.0646. The maximum Gasteiger partial charge on any atom is 0.238 e. The first-order valence-corrected chi connectivity index (χ1v) is 4.61. The number of hydrogen-bond acceptors (Lipinski definition) is 3. The standard InChI is InChI=1S/C10H11N3O2/c1-7-9(6-11-12(7)2)13-4-3-8(14)5-10(13)15/h3-4,6H,5H2,1-2H3. The summed E-state index contributed by atoms with van der Waals surface area (Å²) < 4.78 is 1.69. The minimum atomic E-state index is -0.210. The number of carbonyl (C=O) groups is 2. The van der Waals surface area contributed by atoms with Crippen LogP contribution in [0.25, 0.3) is 0 Å². The lowest BCUT2D eigenvalue weighted by Crippen LogP contribution is -2.30. The molecule has 1 aliphatic heterocycles. The zero-order valence-corrected chi connectivity index (χ0v) is 8.60. The summed E-state index contributed by atoms with van der Waals surface area (Å²) in [5.74, 6) is -0.364. The van der Waals surface area contributed by atoms with E-state index < -0.39 is 0 Å². The number of nitrogens with zero attached hydrogens (tertiary/aromatic N) is 3. The Kier molecular flexibility index (Phi) is 2.15. The largest absolute Gasteiger partial charge is 0.294 e. The zero-order valence-electron chi connectivity index (χ0n) is 8.60. The first kappa shape index (κ1) is 9.64. The number of allylic oxidation sites excluding steroid dienone is 1. The van der Waals surface area contributed by atoms with Crippen molar-refractivity contribution < 1.29 is 9.59 Å². The van der Waals surface area contributed by atoms with Crippen LogP contribution >= 0.6 is 0 Å². The molecule has 0 spiro atoms. The molecule has 0 fully saturated rings. The molecule has 0 saturated heterocycles. The van der Waals surface area contributed by atoms with Crippen molar-refractivity contribution in [3.05, 3.63) is 24.2 Å². The van der Waals surface area contributed by atoms with Gasteiger partial charge >= 0.3 is 0 Å². The van der Waals surface area contributed by atoms with Gasteiger partial charge in [0.15, 0.2) is 5.78 Å². The molecule has 0 aromatic carbocycles. The second-order valence-corrected chi connectivity index (χ2v) is 3.46. The predicted molar refractivity (Wildman–Crippen MR) is 54.2 cm³/mol. The molecule has 78 valence electrons. The van der Waals surface area contributed by atoms with Crippen LogP contribution in [0.2, 0.25) is 0 Å². The Labute approximate surface area is 87.0 Å². The van der Waals surface area contributed by atoms with E-state index in [9.17, 15) is 9.59 Å². The average Bonchev–Trinajstić information content (AvgIpc) is 2.49. The molecule has 1 aromatic heterocycles. The average molecular weight is 205 g/mol. The van der Waals surface area contributed by atoms with E-state index in [-0.39, 0.29) is 18.1 Å². The number of rotatable bonds is 1. The summed E-state index contributed by atoms with van der Waals surface area (Å²) in [5.41, 5.74) is 1.62. The van der Waals surface area contributed by atoms with Gasteiger partial charge in [-0.1, -0.05) is 0 Å². The van der Waals surface area contributed by atoms with Gasteiger partial charge in [0.25, 0.3) is 0 Å². The molecule has 1 aromatic rings. The van der Waals surface area contributed by atoms with Gasteiger partial charge in [0.1, 0.15) is 0 Å². The number of aromatic nitrogens is 2. The fourth-order valence-electron chi connectivity index (χ4n) is 1.47. The van der Waals surface area contributed by atoms with Crippen molar-refractivity contribution in [1.82, 2.24) is 9.78 Å². The van der Waals surface area contributed by atoms with E-state index in [4.69, 9.17) is 0 Å². The molecule has 1 amide bonds. The van der Waals surface area contributed by atoms with Crippen LogP contribution in [0, 0.1) is 6.92 Å². The monoisotopic (exact) mass is 205 g/mol. The molecule has 0 atom stereocenters. The summed E-state index contributed by atoms with van der Waals surface area (Å²) >= 11 is 0. The molecule has 0 N–H and O–H groups in total. The van der Waals surface area contributed by atoms with E-state index in [0.717, 1.165) is 11.4 Å². The highest BCUT2D eigenvalue weighted by Gasteiger charge is 2.22. The normalized spacial score (nSPS) is 16.3. The number of hydrogen-bond donors (Lipinski definition) is 0. The van der Waals surface area contributed by atoms with Crippen molar-refractivity contribution in [2.45, 2.75) is 13.3 Å². The number of ketones is 1. The third kappa shape index (κ3) is 1.56. The lowest BCUT2D eigenvalue weighted by Gasteiger charge is -2.19. The molecule has 0 aliphatic carbocycles. The van der Waals surface area contributed by atoms with Gasteiger partial charge in [0.2, 0.25) is 5.91 Å². The van der Waals surface area contributed by atoms with Crippen molar-refractivity contribution >= 4 is 17.4 Å². The van der Waals surface area contributed by atoms with E-state index >= 15 is 0 Å². The second-order valence-electron chi connectivity index (χ2n) is 3.46. The molecule has 0 bridgehead atoms. The topological polar surface area (TPSA) is 55.2 Å². The summed E-state index contributed by atoms with van der Waals surface area (Å²) in [7, 11) is 1.81. The molecular formula is C10H11N3O2. The highest BCUT2D eigenvalue weighted by Crippen LogP contribution is 2.21. The van der Waals surface area contributed by atoms with Crippen LogP contribution in [0.15, 0.2) is 18.5 Å². The fraction of sp³-hybridized carbons (Fsp3) is 0.300. The Bertz CT molecular complexity index is 459. The van der Waals surface area contributed by atoms with Gasteiger partial charge in [-0.15, -0.1) is 0 Å². The van der Waals surface area contributed by atoms with Crippen LogP contribution in [0.3, 0.4) is 0 Å². The van der Waals surface area contributed by atoms with Gasteiger partial charge in [-0.2, -0.15) is 5.10 Å². The van der Waals surface area contributed by atoms with Crippen LogP contribution in [0.5, 0.6) is 0 Å². The summed E-state index contributed by atoms with van der Waals surface area (Å²) in [6.07, 6.45) is 4.46. The Balaban J connectivity index is 2.40. The number of amides is 1. The van der Waals surface area contributed by atoms with Crippen molar-refractivity contribution in [1.29, 1.82) is 0 Å². The van der Waals surface area contributed by atoms with E-state index in [2.05, 4.69) is 5.10 Å². The Morgan fingerprint density at radius 1 is 1.40 bits per heavy atom. The van der Waals surface area contributed by atoms with Gasteiger partial charge in [0, 0.05) is 13.2 Å². The van der Waals surface area contributed by atoms with E-state index in [1.54, 1.807) is 10.9 Å². The van der Waals surface area contributed by atoms with Crippen molar-refractivity contribution in [3.63, 3.8) is 0 Å². The van der Waals surface area contributed by atoms with Gasteiger partial charge in [-0.3, -0.25) is 19.2 Å². The number of aryl methyl sites for hydroxylation is 1. The molecule has 5 heteroatoms. The fourth-order valence-corrected chi connectivity index (χ4v) is 1.47. The summed E-state index contributed by atoms with van der Waals surface area (Å²) in [6, 6.07) is 0. The molecule has 15 heavy (non-hydrogen) atoms. The summed E-state index contributed by atoms with van der Waals surface area (Å²) in [6.45, 7) is 1.87. The van der Waals surface area contributed by atoms with E-state index in [1.165, 1.54) is 17.2 Å². The molecular weight excluding hydrogens is 194 g/mol. The maximum atomic E-state index is 11.6. The van der Waals surface area contributed by atoms with Gasteiger partial charge in [-0.25, -0.2) is 0 Å². The van der Waals surface area contributed by atoms with Crippen LogP contribution in [-0.4, -0.2) is 21.5 Å². The minimum Gasteiger partial charge on any atom is -0.294 e. The molecule has 0 saturated carbocycles. The number of anilines is 1. The first-order chi connectivity index (χ1) is 7.09. The quantitative estimate of drug-likeness (QED) is 0.629. The SMILES string of the molecule is Cc1c(N2C=CC(=O)CC2=O)cnn1C. The zero-order chi connectivity index (χ0) is 11.0. The van der Waals surface area contributed by atoms with E-state index in [1.807, 2.05) is 14.0 Å². The summed E-state index contributed by atoms with van der Waals surface area (Å²) in [4.78, 5) is 24.0. The second kappa shape index (κ2) is 3.34. The van der Waals surface area contributed by atoms with Gasteiger partial charge in [-0.05, 0) is 13.0 Å². The highest BCUT2D eigenvalue weighted by atomic mass is 16.2. The molecule has 2 rings (SSSR count). The van der Waals surface area contributed by atoms with Crippen LogP contribution in [0.4, 0.5) is 5.69 Å². The highest BCUT2D eigenvalue weighted by molar-refractivity contribution is 6.13. The smallest absolute Gasteiger partial charge is 0.238 e. The van der Waals surface area contributed by atoms with Crippen LogP contribution in [-0.2, 0) is 16.6 Å². The Morgan fingerprint density at radius 3 is 2.67 bits per heavy atom. The van der Waals surface area contributed by atoms with Crippen LogP contribution < -0.4 is 4.90 Å². The molecule has 1 aliphatic rings. The predicted octanol–water partition coefficient (Wildman–Crippen LogP) is 0.548. The molecule has 2 heterocycles. The molecule has 5 nitrogen and oxygen atoms in total. The van der Waals surface area contributed by atoms with E-state index in [0.29, 0.717) is 0 Å². The lowest BCUT2D eigenvalue weighted by atomic mass is 10.2. The summed E-state index contributed by atoms with van der Waals surface area (Å²) in [5, 5.41) is 4.05. The number of carbonyl (C=O) groups excluding carboxylic acids is 2. The maximum absolute atomic E-state index is 11.6. The van der Waals surface area contributed by atoms with Crippen molar-refractivity contribution in [2.75, 3.05) is 4.90 Å².